The average Bonchev–Trinajstić information content (AvgIpc) is 2.84. The van der Waals surface area contributed by atoms with Gasteiger partial charge >= 0.3 is 0 Å². The maximum Gasteiger partial charge on any atom is 0.271 e. The molecule has 0 saturated carbocycles. The molecule has 0 unspecified atom stereocenters. The summed E-state index contributed by atoms with van der Waals surface area (Å²) >= 11 is 6.82. The Bertz CT molecular complexity index is 1480. The predicted octanol–water partition coefficient (Wildman–Crippen LogP) is 5.16. The van der Waals surface area contributed by atoms with Gasteiger partial charge in [0.05, 0.1) is 33.4 Å². The zero-order valence-electron chi connectivity index (χ0n) is 21.4. The molecule has 194 valence electrons. The molecule has 0 aliphatic carbocycles. The summed E-state index contributed by atoms with van der Waals surface area (Å²) in [5.41, 5.74) is 0.779. The highest BCUT2D eigenvalue weighted by Crippen LogP contribution is 2.50. The second-order valence-corrected chi connectivity index (χ2v) is 10.9. The molecule has 2 aliphatic heterocycles. The highest BCUT2D eigenvalue weighted by molar-refractivity contribution is 6.35. The van der Waals surface area contributed by atoms with Crippen LogP contribution in [0.5, 0.6) is 11.5 Å². The minimum Gasteiger partial charge on any atom is -0.507 e. The van der Waals surface area contributed by atoms with Crippen LogP contribution in [0.25, 0.3) is 22.0 Å². The first-order valence-electron chi connectivity index (χ1n) is 12.5. The molecular formula is C28H30ClFN4O3. The van der Waals surface area contributed by atoms with Crippen molar-refractivity contribution < 1.29 is 14.2 Å². The van der Waals surface area contributed by atoms with Crippen molar-refractivity contribution in [2.24, 2.45) is 5.92 Å². The molecule has 37 heavy (non-hydrogen) atoms. The van der Waals surface area contributed by atoms with Gasteiger partial charge in [0.25, 0.3) is 5.56 Å². The second kappa shape index (κ2) is 9.55. The number of hydrogen-bond donors (Lipinski definition) is 1. The largest absolute Gasteiger partial charge is 0.507 e. The van der Waals surface area contributed by atoms with E-state index < -0.39 is 11.4 Å². The smallest absolute Gasteiger partial charge is 0.271 e. The Kier molecular flexibility index (Phi) is 6.55. The van der Waals surface area contributed by atoms with Gasteiger partial charge in [0.1, 0.15) is 29.8 Å². The number of pyridine rings is 1. The van der Waals surface area contributed by atoms with Crippen molar-refractivity contribution in [2.45, 2.75) is 38.8 Å². The summed E-state index contributed by atoms with van der Waals surface area (Å²) in [6.45, 7) is 5.57. The van der Waals surface area contributed by atoms with E-state index in [4.69, 9.17) is 16.3 Å². The fourth-order valence-electron chi connectivity index (χ4n) is 5.79. The van der Waals surface area contributed by atoms with Crippen molar-refractivity contribution in [1.82, 2.24) is 9.47 Å². The van der Waals surface area contributed by atoms with Crippen LogP contribution in [-0.2, 0) is 0 Å². The Morgan fingerprint density at radius 1 is 1.27 bits per heavy atom. The van der Waals surface area contributed by atoms with Crippen molar-refractivity contribution in [2.75, 3.05) is 38.7 Å². The number of phenols is 1. The lowest BCUT2D eigenvalue weighted by atomic mass is 9.92. The first-order valence-corrected chi connectivity index (χ1v) is 12.9. The van der Waals surface area contributed by atoms with Crippen molar-refractivity contribution in [3.05, 3.63) is 51.0 Å². The molecule has 1 N–H and O–H groups in total. The highest BCUT2D eigenvalue weighted by atomic mass is 35.5. The molecule has 7 nitrogen and oxygen atoms in total. The van der Waals surface area contributed by atoms with Crippen molar-refractivity contribution in [3.8, 4) is 28.7 Å². The van der Waals surface area contributed by atoms with Crippen LogP contribution in [0.3, 0.4) is 0 Å². The number of aromatic nitrogens is 1. The Hall–Kier alpha value is -3.28. The molecule has 1 fully saturated rings. The normalized spacial score (nSPS) is 21.2. The molecule has 0 bridgehead atoms. The van der Waals surface area contributed by atoms with Crippen LogP contribution in [0, 0.1) is 23.1 Å². The van der Waals surface area contributed by atoms with Gasteiger partial charge in [-0.05, 0) is 58.0 Å². The van der Waals surface area contributed by atoms with E-state index in [9.17, 15) is 15.2 Å². The molecule has 2 aliphatic rings. The number of nitriles is 1. The van der Waals surface area contributed by atoms with Gasteiger partial charge in [-0.3, -0.25) is 9.36 Å². The van der Waals surface area contributed by atoms with E-state index in [1.54, 1.807) is 10.6 Å². The molecule has 0 radical (unpaired) electrons. The number of benzene rings is 2. The Morgan fingerprint density at radius 3 is 2.70 bits per heavy atom. The van der Waals surface area contributed by atoms with E-state index in [0.717, 1.165) is 12.8 Å². The van der Waals surface area contributed by atoms with Gasteiger partial charge in [0, 0.05) is 24.5 Å². The van der Waals surface area contributed by atoms with Gasteiger partial charge in [-0.1, -0.05) is 24.6 Å². The van der Waals surface area contributed by atoms with E-state index in [-0.39, 0.29) is 51.9 Å². The molecular weight excluding hydrogens is 495 g/mol. The summed E-state index contributed by atoms with van der Waals surface area (Å²) in [5.74, 6) is -0.315. The maximum atomic E-state index is 15.1. The van der Waals surface area contributed by atoms with Gasteiger partial charge in [0.2, 0.25) is 0 Å². The quantitative estimate of drug-likeness (QED) is 0.508. The summed E-state index contributed by atoms with van der Waals surface area (Å²) in [7, 11) is 3.80. The Morgan fingerprint density at radius 2 is 2.03 bits per heavy atom. The highest BCUT2D eigenvalue weighted by Gasteiger charge is 2.36. The van der Waals surface area contributed by atoms with Crippen molar-refractivity contribution in [1.29, 1.82) is 5.26 Å². The maximum absolute atomic E-state index is 15.1. The third-order valence-corrected chi connectivity index (χ3v) is 7.79. The fraction of sp³-hybridized carbons (Fsp3) is 0.429. The van der Waals surface area contributed by atoms with Crippen LogP contribution in [-0.4, -0.2) is 54.4 Å². The summed E-state index contributed by atoms with van der Waals surface area (Å²) in [5, 5.41) is 21.6. The van der Waals surface area contributed by atoms with E-state index >= 15 is 4.39 Å². The molecule has 3 heterocycles. The Labute approximate surface area is 220 Å². The second-order valence-electron chi connectivity index (χ2n) is 10.5. The minimum absolute atomic E-state index is 0.0719. The number of halogens is 2. The van der Waals surface area contributed by atoms with E-state index in [1.807, 2.05) is 19.0 Å². The van der Waals surface area contributed by atoms with Gasteiger partial charge < -0.3 is 19.6 Å². The summed E-state index contributed by atoms with van der Waals surface area (Å²) in [6.07, 6.45) is 1.99. The summed E-state index contributed by atoms with van der Waals surface area (Å²) < 4.78 is 22.9. The molecule has 0 spiro atoms. The van der Waals surface area contributed by atoms with Crippen LogP contribution in [0.1, 0.15) is 38.3 Å². The number of likely N-dealkylation sites (N-methyl/N-ethyl adjacent to an activating group) is 1. The van der Waals surface area contributed by atoms with Crippen LogP contribution >= 0.6 is 11.6 Å². The molecule has 2 aromatic carbocycles. The molecule has 9 heteroatoms. The third-order valence-electron chi connectivity index (χ3n) is 7.49. The van der Waals surface area contributed by atoms with Crippen molar-refractivity contribution in [3.63, 3.8) is 0 Å². The van der Waals surface area contributed by atoms with Crippen LogP contribution in [0.4, 0.5) is 10.1 Å². The number of hydrogen-bond acceptors (Lipinski definition) is 6. The monoisotopic (exact) mass is 524 g/mol. The van der Waals surface area contributed by atoms with Crippen LogP contribution in [0.2, 0.25) is 5.02 Å². The molecule has 1 saturated heterocycles. The molecule has 1 aromatic heterocycles. The standard InChI is InChI=1S/C28H30ClFN4O3/c1-15-8-9-16(2)33(12-15)25-18-10-20(29)23(24-21(30)6-5-7-22(24)35)27-26(18)34(28(36)19(25)11-31)17(14-37-27)13-32(3)4/h5-7,10,15-17,35H,8-9,12-14H2,1-4H3/t15-,16-,17-/m0/s1. The zero-order valence-corrected chi connectivity index (χ0v) is 22.1. The average molecular weight is 525 g/mol. The number of phenolic OH excluding ortho intramolecular Hbond substituents is 1. The number of aromatic hydroxyl groups is 1. The number of anilines is 1. The van der Waals surface area contributed by atoms with E-state index in [0.29, 0.717) is 35.6 Å². The SMILES string of the molecule is C[C@H]1CC[C@H](C)N(c2c(C#N)c(=O)n3c4c(c(-c5c(O)cccc5F)c(Cl)cc24)OC[C@@H]3CN(C)C)C1. The van der Waals surface area contributed by atoms with Gasteiger partial charge in [-0.25, -0.2) is 4.39 Å². The van der Waals surface area contributed by atoms with Crippen LogP contribution < -0.4 is 15.2 Å². The third kappa shape index (κ3) is 4.11. The number of nitrogens with zero attached hydrogens (tertiary/aromatic N) is 4. The number of ether oxygens (including phenoxy) is 1. The van der Waals surface area contributed by atoms with E-state index in [2.05, 4.69) is 24.8 Å². The fourth-order valence-corrected chi connectivity index (χ4v) is 6.07. The van der Waals surface area contributed by atoms with Gasteiger partial charge in [-0.15, -0.1) is 0 Å². The van der Waals surface area contributed by atoms with Gasteiger partial charge in [0.15, 0.2) is 5.75 Å². The number of piperidine rings is 1. The van der Waals surface area contributed by atoms with Crippen molar-refractivity contribution >= 4 is 28.2 Å². The Balaban J connectivity index is 1.94. The van der Waals surface area contributed by atoms with E-state index in [1.165, 1.54) is 18.2 Å². The summed E-state index contributed by atoms with van der Waals surface area (Å²) in [6, 6.07) is 7.65. The zero-order chi connectivity index (χ0) is 26.6. The lowest BCUT2D eigenvalue weighted by molar-refractivity contribution is 0.199. The first kappa shape index (κ1) is 25.4. The predicted molar refractivity (Wildman–Crippen MR) is 143 cm³/mol. The molecule has 0 amide bonds. The number of rotatable bonds is 4. The summed E-state index contributed by atoms with van der Waals surface area (Å²) in [4.78, 5) is 18.1. The molecule has 3 aromatic rings. The molecule has 3 atom stereocenters. The minimum atomic E-state index is -0.655. The first-order chi connectivity index (χ1) is 17.6. The lowest BCUT2D eigenvalue weighted by Crippen LogP contribution is -2.44. The lowest BCUT2D eigenvalue weighted by Gasteiger charge is -2.40. The molecule has 5 rings (SSSR count). The topological polar surface area (TPSA) is 81.7 Å². The van der Waals surface area contributed by atoms with Gasteiger partial charge in [-0.2, -0.15) is 5.26 Å². The van der Waals surface area contributed by atoms with Crippen LogP contribution in [0.15, 0.2) is 29.1 Å².